The zero-order valence-electron chi connectivity index (χ0n) is 15.1. The number of methoxy groups -OCH3 is 1. The van der Waals surface area contributed by atoms with Crippen LogP contribution < -0.4 is 15.0 Å². The second kappa shape index (κ2) is 7.22. The van der Waals surface area contributed by atoms with E-state index in [1.54, 1.807) is 36.4 Å². The second-order valence-electron chi connectivity index (χ2n) is 6.60. The van der Waals surface area contributed by atoms with Gasteiger partial charge in [0.2, 0.25) is 11.8 Å². The van der Waals surface area contributed by atoms with E-state index in [4.69, 9.17) is 4.74 Å². The zero-order valence-corrected chi connectivity index (χ0v) is 15.1. The van der Waals surface area contributed by atoms with Crippen molar-refractivity contribution in [3.63, 3.8) is 0 Å². The van der Waals surface area contributed by atoms with Crippen LogP contribution in [0.15, 0.2) is 30.5 Å². The van der Waals surface area contributed by atoms with Crippen LogP contribution in [-0.2, 0) is 6.42 Å². The molecule has 27 heavy (non-hydrogen) atoms. The number of benzene rings is 1. The molecule has 0 radical (unpaired) electrons. The summed E-state index contributed by atoms with van der Waals surface area (Å²) in [5.74, 6) is 1.31. The number of aryl methyl sites for hydroxylation is 1. The molecule has 8 heteroatoms. The number of amides is 2. The number of fused-ring (bicyclic) bond motifs is 1. The molecule has 1 N–H and O–H groups in total. The predicted octanol–water partition coefficient (Wildman–Crippen LogP) is 1.97. The Bertz CT molecular complexity index is 877. The average molecular weight is 367 g/mol. The van der Waals surface area contributed by atoms with Gasteiger partial charge in [-0.2, -0.15) is 4.98 Å². The third-order valence-electron chi connectivity index (χ3n) is 4.95. The first-order valence-corrected chi connectivity index (χ1v) is 8.98. The second-order valence-corrected chi connectivity index (χ2v) is 6.60. The van der Waals surface area contributed by atoms with Gasteiger partial charge >= 0.3 is 6.03 Å². The Morgan fingerprint density at radius 3 is 2.74 bits per heavy atom. The van der Waals surface area contributed by atoms with Gasteiger partial charge in [0.15, 0.2) is 5.78 Å². The minimum absolute atomic E-state index is 0.134. The number of rotatable bonds is 3. The Balaban J connectivity index is 1.35. The summed E-state index contributed by atoms with van der Waals surface area (Å²) < 4.78 is 5.14. The summed E-state index contributed by atoms with van der Waals surface area (Å²) in [6.07, 6.45) is 2.97. The molecule has 1 fully saturated rings. The van der Waals surface area contributed by atoms with E-state index in [1.165, 1.54) is 0 Å². The van der Waals surface area contributed by atoms with E-state index in [9.17, 15) is 9.59 Å². The number of carbonyl (C=O) groups is 2. The monoisotopic (exact) mass is 367 g/mol. The number of urea groups is 1. The van der Waals surface area contributed by atoms with Crippen LogP contribution in [-0.4, -0.2) is 60.0 Å². The highest BCUT2D eigenvalue weighted by atomic mass is 16.5. The van der Waals surface area contributed by atoms with Crippen molar-refractivity contribution in [2.24, 2.45) is 0 Å². The van der Waals surface area contributed by atoms with Crippen molar-refractivity contribution in [1.82, 2.24) is 14.9 Å². The van der Waals surface area contributed by atoms with Crippen LogP contribution in [0.25, 0.3) is 0 Å². The van der Waals surface area contributed by atoms with Crippen molar-refractivity contribution in [3.8, 4) is 5.88 Å². The molecular weight excluding hydrogens is 346 g/mol. The van der Waals surface area contributed by atoms with Crippen molar-refractivity contribution < 1.29 is 14.3 Å². The molecule has 1 aromatic heterocycles. The molecule has 0 spiro atoms. The smallest absolute Gasteiger partial charge is 0.321 e. The van der Waals surface area contributed by atoms with Crippen LogP contribution in [0.5, 0.6) is 5.88 Å². The number of anilines is 2. The van der Waals surface area contributed by atoms with E-state index in [-0.39, 0.29) is 11.8 Å². The Kier molecular flexibility index (Phi) is 4.62. The highest BCUT2D eigenvalue weighted by Gasteiger charge is 2.24. The minimum atomic E-state index is -0.134. The summed E-state index contributed by atoms with van der Waals surface area (Å²) in [7, 11) is 1.57. The quantitative estimate of drug-likeness (QED) is 0.892. The van der Waals surface area contributed by atoms with Crippen LogP contribution in [0.1, 0.15) is 22.3 Å². The third kappa shape index (κ3) is 3.55. The maximum absolute atomic E-state index is 12.6. The fourth-order valence-electron chi connectivity index (χ4n) is 3.44. The SMILES string of the molecule is COc1ccnc(N2CCN(C(=O)Nc3ccc4c(c3)CCC4=O)CC2)n1. The fourth-order valence-corrected chi connectivity index (χ4v) is 3.44. The normalized spacial score (nSPS) is 16.3. The van der Waals surface area contributed by atoms with Crippen LogP contribution >= 0.6 is 0 Å². The van der Waals surface area contributed by atoms with E-state index in [0.717, 1.165) is 23.2 Å². The highest BCUT2D eigenvalue weighted by Crippen LogP contribution is 2.25. The molecule has 2 heterocycles. The van der Waals surface area contributed by atoms with Crippen molar-refractivity contribution in [2.45, 2.75) is 12.8 Å². The van der Waals surface area contributed by atoms with Gasteiger partial charge in [-0.05, 0) is 30.2 Å². The molecule has 2 aliphatic rings. The number of hydrogen-bond acceptors (Lipinski definition) is 6. The van der Waals surface area contributed by atoms with Gasteiger partial charge in [-0.25, -0.2) is 9.78 Å². The van der Waals surface area contributed by atoms with E-state index in [1.807, 2.05) is 11.0 Å². The molecule has 1 aliphatic carbocycles. The lowest BCUT2D eigenvalue weighted by Gasteiger charge is -2.34. The van der Waals surface area contributed by atoms with Crippen molar-refractivity contribution >= 4 is 23.5 Å². The van der Waals surface area contributed by atoms with Gasteiger partial charge in [0.1, 0.15) is 0 Å². The Morgan fingerprint density at radius 1 is 1.15 bits per heavy atom. The molecule has 140 valence electrons. The fraction of sp³-hybridized carbons (Fsp3) is 0.368. The molecule has 8 nitrogen and oxygen atoms in total. The number of aromatic nitrogens is 2. The maximum Gasteiger partial charge on any atom is 0.321 e. The van der Waals surface area contributed by atoms with Crippen molar-refractivity contribution in [3.05, 3.63) is 41.6 Å². The molecule has 2 amide bonds. The van der Waals surface area contributed by atoms with E-state index >= 15 is 0 Å². The molecule has 1 saturated heterocycles. The van der Waals surface area contributed by atoms with Gasteiger partial charge in [-0.15, -0.1) is 0 Å². The third-order valence-corrected chi connectivity index (χ3v) is 4.95. The van der Waals surface area contributed by atoms with Gasteiger partial charge in [0.25, 0.3) is 0 Å². The number of piperazine rings is 1. The van der Waals surface area contributed by atoms with E-state index in [2.05, 4.69) is 15.3 Å². The number of carbonyl (C=O) groups excluding carboxylic acids is 2. The molecule has 0 saturated carbocycles. The van der Waals surface area contributed by atoms with Crippen LogP contribution in [0.2, 0.25) is 0 Å². The van der Waals surface area contributed by atoms with Gasteiger partial charge in [0, 0.05) is 56.1 Å². The first kappa shape index (κ1) is 17.3. The topological polar surface area (TPSA) is 87.7 Å². The summed E-state index contributed by atoms with van der Waals surface area (Å²) in [5.41, 5.74) is 2.52. The molecule has 1 aliphatic heterocycles. The Hall–Kier alpha value is -3.16. The van der Waals surface area contributed by atoms with Crippen LogP contribution in [0.3, 0.4) is 0 Å². The number of ketones is 1. The summed E-state index contributed by atoms with van der Waals surface area (Å²) >= 11 is 0. The lowest BCUT2D eigenvalue weighted by atomic mass is 10.1. The zero-order chi connectivity index (χ0) is 18.8. The van der Waals surface area contributed by atoms with E-state index in [0.29, 0.717) is 44.4 Å². The van der Waals surface area contributed by atoms with Gasteiger partial charge in [-0.1, -0.05) is 0 Å². The maximum atomic E-state index is 12.6. The van der Waals surface area contributed by atoms with Crippen molar-refractivity contribution in [1.29, 1.82) is 0 Å². The van der Waals surface area contributed by atoms with Gasteiger partial charge in [-0.3, -0.25) is 4.79 Å². The van der Waals surface area contributed by atoms with Gasteiger partial charge in [0.05, 0.1) is 7.11 Å². The van der Waals surface area contributed by atoms with Crippen molar-refractivity contribution in [2.75, 3.05) is 43.5 Å². The van der Waals surface area contributed by atoms with E-state index < -0.39 is 0 Å². The van der Waals surface area contributed by atoms with Gasteiger partial charge < -0.3 is 19.9 Å². The molecule has 2 aromatic rings. The summed E-state index contributed by atoms with van der Waals surface area (Å²) in [5, 5.41) is 2.93. The Labute approximate surface area is 157 Å². The number of ether oxygens (including phenoxy) is 1. The number of Topliss-reactive ketones (excluding diaryl/α,β-unsaturated/α-hetero) is 1. The largest absolute Gasteiger partial charge is 0.481 e. The molecule has 0 unspecified atom stereocenters. The standard InChI is InChI=1S/C19H21N5O3/c1-27-17-6-7-20-18(22-17)23-8-10-24(11-9-23)19(26)21-14-3-4-15-13(12-14)2-5-16(15)25/h3-4,6-7,12H,2,5,8-11H2,1H3,(H,21,26). The number of nitrogens with one attached hydrogen (secondary N) is 1. The number of nitrogens with zero attached hydrogens (tertiary/aromatic N) is 4. The number of hydrogen-bond donors (Lipinski definition) is 1. The summed E-state index contributed by atoms with van der Waals surface area (Å²) in [6.45, 7) is 2.46. The summed E-state index contributed by atoms with van der Waals surface area (Å²) in [6, 6.07) is 7.07. The lowest BCUT2D eigenvalue weighted by Crippen LogP contribution is -2.50. The molecule has 0 bridgehead atoms. The molecule has 4 rings (SSSR count). The molecular formula is C19H21N5O3. The first-order chi connectivity index (χ1) is 13.1. The summed E-state index contributed by atoms with van der Waals surface area (Å²) in [4.78, 5) is 36.7. The first-order valence-electron chi connectivity index (χ1n) is 8.98. The minimum Gasteiger partial charge on any atom is -0.481 e. The molecule has 1 aromatic carbocycles. The van der Waals surface area contributed by atoms with Crippen LogP contribution in [0.4, 0.5) is 16.4 Å². The highest BCUT2D eigenvalue weighted by molar-refractivity contribution is 6.01. The lowest BCUT2D eigenvalue weighted by molar-refractivity contribution is 0.0994. The van der Waals surface area contributed by atoms with Crippen LogP contribution in [0, 0.1) is 0 Å². The predicted molar refractivity (Wildman–Crippen MR) is 100 cm³/mol. The average Bonchev–Trinajstić information content (AvgIpc) is 3.08. The molecule has 0 atom stereocenters. The Morgan fingerprint density at radius 2 is 1.96 bits per heavy atom.